The number of aliphatic hydroxyl groups excluding tert-OH is 3. The number of quaternary nitrogens is 2. The van der Waals surface area contributed by atoms with Gasteiger partial charge in [0, 0.05) is 37.7 Å². The predicted octanol–water partition coefficient (Wildman–Crippen LogP) is 4.50. The van der Waals surface area contributed by atoms with Gasteiger partial charge in [-0.1, -0.05) is 44.4 Å². The number of rotatable bonds is 15. The molecule has 0 radical (unpaired) electrons. The van der Waals surface area contributed by atoms with Crippen LogP contribution in [0.3, 0.4) is 0 Å². The lowest BCUT2D eigenvalue weighted by Crippen LogP contribution is -2.94. The Bertz CT molecular complexity index is 1500. The number of allylic oxidation sites excluding steroid dienone is 1. The van der Waals surface area contributed by atoms with Gasteiger partial charge in [-0.05, 0) is 126 Å². The van der Waals surface area contributed by atoms with Crippen molar-refractivity contribution in [2.45, 2.75) is 173 Å². The molecule has 6 rings (SSSR count). The first-order valence-corrected chi connectivity index (χ1v) is 24.6. The summed E-state index contributed by atoms with van der Waals surface area (Å²) >= 11 is 0. The number of aliphatic imine (C=N–C) groups is 1. The van der Waals surface area contributed by atoms with Crippen LogP contribution >= 0.6 is 0 Å². The first-order chi connectivity index (χ1) is 28.9. The van der Waals surface area contributed by atoms with Crippen LogP contribution < -0.4 is 16.4 Å². The average molecular weight is 836 g/mol. The first kappa shape index (κ1) is 47.4. The van der Waals surface area contributed by atoms with Crippen molar-refractivity contribution in [2.75, 3.05) is 26.7 Å². The molecule has 0 aromatic rings. The highest BCUT2D eigenvalue weighted by atomic mass is 16.5. The number of Topliss-reactive ketones (excluding diaryl/α,β-unsaturated/α-hetero) is 2. The highest BCUT2D eigenvalue weighted by molar-refractivity contribution is 6.00. The lowest BCUT2D eigenvalue weighted by atomic mass is 9.63. The Kier molecular flexibility index (Phi) is 18.2. The monoisotopic (exact) mass is 836 g/mol. The van der Waals surface area contributed by atoms with Gasteiger partial charge in [-0.25, -0.2) is 0 Å². The lowest BCUT2D eigenvalue weighted by molar-refractivity contribution is -0.699. The van der Waals surface area contributed by atoms with Gasteiger partial charge < -0.3 is 30.7 Å². The number of hydrogen-bond donors (Lipinski definition) is 6. The largest absolute Gasteiger partial charge is 0.391 e. The van der Waals surface area contributed by atoms with E-state index in [0.717, 1.165) is 95.3 Å². The lowest BCUT2D eigenvalue weighted by Gasteiger charge is -2.44. The maximum Gasteiger partial charge on any atom is 0.177 e. The quantitative estimate of drug-likeness (QED) is 0.0801. The van der Waals surface area contributed by atoms with Gasteiger partial charge >= 0.3 is 0 Å². The van der Waals surface area contributed by atoms with Crippen LogP contribution in [0, 0.1) is 82.9 Å². The summed E-state index contributed by atoms with van der Waals surface area (Å²) in [4.78, 5) is 33.3. The molecule has 0 spiro atoms. The van der Waals surface area contributed by atoms with Crippen LogP contribution in [0.25, 0.3) is 0 Å². The Labute approximate surface area is 362 Å². The van der Waals surface area contributed by atoms with E-state index in [0.29, 0.717) is 50.0 Å². The van der Waals surface area contributed by atoms with Crippen molar-refractivity contribution in [3.05, 3.63) is 17.7 Å². The number of carbonyl (C=O) groups is 2. The number of ether oxygens (including phenoxy) is 1. The highest BCUT2D eigenvalue weighted by Gasteiger charge is 2.45. The second kappa shape index (κ2) is 23.0. The number of fused-ring (bicyclic) bond motifs is 2. The number of ketones is 2. The second-order valence-electron chi connectivity index (χ2n) is 20.7. The minimum atomic E-state index is -0.597. The van der Waals surface area contributed by atoms with Crippen LogP contribution in [0.5, 0.6) is 0 Å². The van der Waals surface area contributed by atoms with E-state index < -0.39 is 12.2 Å². The molecule has 4 aliphatic carbocycles. The fourth-order valence-corrected chi connectivity index (χ4v) is 12.8. The molecule has 1 saturated heterocycles. The molecule has 60 heavy (non-hydrogen) atoms. The van der Waals surface area contributed by atoms with Gasteiger partial charge in [-0.3, -0.25) is 15.3 Å². The summed E-state index contributed by atoms with van der Waals surface area (Å²) in [6.45, 7) is 8.77. The van der Waals surface area contributed by atoms with Crippen molar-refractivity contribution in [3.63, 3.8) is 0 Å². The van der Waals surface area contributed by atoms with E-state index in [9.17, 15) is 24.9 Å². The molecule has 0 bridgehead atoms. The van der Waals surface area contributed by atoms with Crippen LogP contribution in [0.1, 0.15) is 143 Å². The first-order valence-electron chi connectivity index (χ1n) is 24.6. The van der Waals surface area contributed by atoms with Crippen molar-refractivity contribution >= 4 is 17.8 Å². The summed E-state index contributed by atoms with van der Waals surface area (Å²) in [7, 11) is 1.68. The third kappa shape index (κ3) is 13.0. The average Bonchev–Trinajstić information content (AvgIpc) is 3.61. The normalized spacial score (nSPS) is 36.6. The van der Waals surface area contributed by atoms with Gasteiger partial charge in [0.1, 0.15) is 49.0 Å². The van der Waals surface area contributed by atoms with E-state index in [2.05, 4.69) is 42.4 Å². The number of hydrogen-bond acceptors (Lipinski definition) is 8. The van der Waals surface area contributed by atoms with Crippen molar-refractivity contribution < 1.29 is 40.3 Å². The maximum atomic E-state index is 14.7. The van der Waals surface area contributed by atoms with Crippen LogP contribution in [-0.2, 0) is 14.3 Å². The van der Waals surface area contributed by atoms with Gasteiger partial charge in [-0.2, -0.15) is 0 Å². The Morgan fingerprint density at radius 2 is 1.78 bits per heavy atom. The van der Waals surface area contributed by atoms with Crippen molar-refractivity contribution in [3.8, 4) is 11.8 Å². The molecule has 10 heteroatoms. The summed E-state index contributed by atoms with van der Waals surface area (Å²) < 4.78 is 5.78. The third-order valence-electron chi connectivity index (χ3n) is 16.1. The van der Waals surface area contributed by atoms with Crippen LogP contribution in [-0.4, -0.2) is 90.4 Å². The van der Waals surface area contributed by atoms with Gasteiger partial charge in [0.15, 0.2) is 5.70 Å². The number of piperidine rings is 1. The van der Waals surface area contributed by atoms with Crippen molar-refractivity contribution in [2.24, 2.45) is 75.8 Å². The SMILES string of the molecule is CCC[C@@H](C1C[C@H](CC2CC[NH2+]C(N)C2)C[C@@H]2C#C[C@H](C3CCCCC3)C3CC(O)C(OC)CC3CCC(=O)CC(=O)[C@@H]2C1)[C@H](O)CC1=C[C+]([C@H](C)C[NH2+]C[C@H](C)O)C=N1. The number of carbonyl (C=O) groups excluding carboxylic acids is 2. The molecule has 0 aromatic carbocycles. The number of aliphatic hydroxyl groups is 3. The van der Waals surface area contributed by atoms with E-state index >= 15 is 0 Å². The molecule has 6 aliphatic rings. The van der Waals surface area contributed by atoms with Gasteiger partial charge in [0.25, 0.3) is 0 Å². The zero-order valence-electron chi connectivity index (χ0n) is 37.7. The molecule has 10 nitrogen and oxygen atoms in total. The smallest absolute Gasteiger partial charge is 0.177 e. The Morgan fingerprint density at radius 1 is 0.983 bits per heavy atom. The molecule has 0 aromatic heterocycles. The van der Waals surface area contributed by atoms with Crippen molar-refractivity contribution in [1.29, 1.82) is 0 Å². The molecule has 3 saturated carbocycles. The van der Waals surface area contributed by atoms with E-state index in [1.165, 1.54) is 19.3 Å². The topological polar surface area (TPSA) is 176 Å². The molecule has 0 amide bonds. The van der Waals surface area contributed by atoms with E-state index in [1.807, 2.05) is 13.1 Å². The molecule has 15 atom stereocenters. The minimum Gasteiger partial charge on any atom is -0.391 e. The molecule has 2 heterocycles. The summed E-state index contributed by atoms with van der Waals surface area (Å²) in [5.41, 5.74) is 7.43. The van der Waals surface area contributed by atoms with Gasteiger partial charge in [0.2, 0.25) is 0 Å². The zero-order valence-corrected chi connectivity index (χ0v) is 37.7. The molecule has 2 aliphatic heterocycles. The zero-order chi connectivity index (χ0) is 42.8. The van der Waals surface area contributed by atoms with E-state index in [1.54, 1.807) is 7.11 Å². The molecule has 4 fully saturated rings. The molecule has 336 valence electrons. The number of methoxy groups -OCH3 is 1. The number of nitrogens with zero attached hydrogens (tertiary/aromatic N) is 1. The Hall–Kier alpha value is -2.10. The molecular weight excluding hydrogens is 753 g/mol. The summed E-state index contributed by atoms with van der Waals surface area (Å²) in [5.74, 6) is 10.9. The summed E-state index contributed by atoms with van der Waals surface area (Å²) in [6, 6.07) is 0. The Balaban J connectivity index is 1.31. The van der Waals surface area contributed by atoms with Gasteiger partial charge in [0.05, 0.1) is 49.7 Å². The van der Waals surface area contributed by atoms with E-state index in [-0.39, 0.29) is 83.7 Å². The second-order valence-corrected chi connectivity index (χ2v) is 20.7. The van der Waals surface area contributed by atoms with Crippen molar-refractivity contribution in [1.82, 2.24) is 0 Å². The molecular formula is C50H83N4O6+3. The molecule has 7 unspecified atom stereocenters. The van der Waals surface area contributed by atoms with E-state index in [4.69, 9.17) is 15.5 Å². The predicted molar refractivity (Wildman–Crippen MR) is 236 cm³/mol. The maximum absolute atomic E-state index is 14.7. The van der Waals surface area contributed by atoms with Crippen LogP contribution in [0.4, 0.5) is 0 Å². The van der Waals surface area contributed by atoms with Gasteiger partial charge in [-0.15, -0.1) is 4.99 Å². The van der Waals surface area contributed by atoms with Crippen LogP contribution in [0.2, 0.25) is 0 Å². The fourth-order valence-electron chi connectivity index (χ4n) is 12.8. The minimum absolute atomic E-state index is 0.00110. The highest BCUT2D eigenvalue weighted by Crippen LogP contribution is 2.48. The Morgan fingerprint density at radius 3 is 2.52 bits per heavy atom. The third-order valence-corrected chi connectivity index (χ3v) is 16.1. The molecule has 9 N–H and O–H groups in total. The summed E-state index contributed by atoms with van der Waals surface area (Å²) in [5, 5.41) is 37.7. The van der Waals surface area contributed by atoms with Crippen LogP contribution in [0.15, 0.2) is 16.8 Å². The summed E-state index contributed by atoms with van der Waals surface area (Å²) in [6.07, 6.45) is 18.9. The standard InChI is InChI=1S/C50H81N4O6/c1-5-9-43(46(57)25-40-22-39(30-54-40)31(2)28-52-29-32(3)55)38-20-34(18-33-16-17-53-50(51)21-33)19-36-13-15-42(35-10-7-6-8-11-35)44-27-48(59)49(60-4)24-37(44)12-14-41(56)26-47(58)45(36)23-38/h22,30-38,42-46,48-50,52-53,55,57,59H,5-12,14,16-21,23-29,51H2,1-4H3/q+1/p+2/t31-,32+,33?,34-,36+,37?,38?,42-,43+,44?,45-,46-,48?,49?,50?/m1/s1. The fraction of sp³-hybridized carbons (Fsp3) is 0.840. The number of nitrogens with two attached hydrogens (primary N) is 3.